The number of ketones is 1. The van der Waals surface area contributed by atoms with E-state index in [0.717, 1.165) is 19.6 Å². The summed E-state index contributed by atoms with van der Waals surface area (Å²) in [4.78, 5) is 11.3. The van der Waals surface area contributed by atoms with E-state index in [4.69, 9.17) is 5.11 Å². The molecule has 1 unspecified atom stereocenters. The summed E-state index contributed by atoms with van der Waals surface area (Å²) in [6, 6.07) is -0.0368. The number of rotatable bonds is 4. The van der Waals surface area contributed by atoms with Crippen LogP contribution in [0.3, 0.4) is 0 Å². The molecule has 0 amide bonds. The van der Waals surface area contributed by atoms with E-state index < -0.39 is 0 Å². The van der Waals surface area contributed by atoms with Gasteiger partial charge in [-0.05, 0) is 6.42 Å². The van der Waals surface area contributed by atoms with Crippen LogP contribution in [0.4, 0.5) is 0 Å². The summed E-state index contributed by atoms with van der Waals surface area (Å²) < 4.78 is 0. The SMILES string of the molecule is O=C(CCCO)C1CNCCN1. The third-order valence-corrected chi connectivity index (χ3v) is 2.01. The lowest BCUT2D eigenvalue weighted by Crippen LogP contribution is -2.52. The minimum Gasteiger partial charge on any atom is -0.396 e. The molecule has 1 saturated heterocycles. The highest BCUT2D eigenvalue weighted by Crippen LogP contribution is 1.97. The number of nitrogens with one attached hydrogen (secondary N) is 2. The highest BCUT2D eigenvalue weighted by molar-refractivity contribution is 5.84. The summed E-state index contributed by atoms with van der Waals surface area (Å²) in [5.74, 6) is 0.205. The molecule has 1 rings (SSSR count). The summed E-state index contributed by atoms with van der Waals surface area (Å²) in [5, 5.41) is 14.8. The van der Waals surface area contributed by atoms with Gasteiger partial charge in [-0.2, -0.15) is 0 Å². The first-order chi connectivity index (χ1) is 5.84. The van der Waals surface area contributed by atoms with Crippen molar-refractivity contribution in [1.29, 1.82) is 0 Å². The second kappa shape index (κ2) is 5.24. The summed E-state index contributed by atoms with van der Waals surface area (Å²) in [7, 11) is 0. The van der Waals surface area contributed by atoms with E-state index in [-0.39, 0.29) is 18.4 Å². The molecule has 1 atom stereocenters. The first-order valence-electron chi connectivity index (χ1n) is 4.42. The summed E-state index contributed by atoms with van der Waals surface area (Å²) in [6.45, 7) is 2.62. The minimum absolute atomic E-state index is 0.0368. The molecule has 1 heterocycles. The van der Waals surface area contributed by atoms with E-state index >= 15 is 0 Å². The highest BCUT2D eigenvalue weighted by Gasteiger charge is 2.18. The second-order valence-corrected chi connectivity index (χ2v) is 3.00. The molecule has 0 radical (unpaired) electrons. The molecule has 4 heteroatoms. The topological polar surface area (TPSA) is 61.4 Å². The van der Waals surface area contributed by atoms with E-state index in [0.29, 0.717) is 12.8 Å². The Morgan fingerprint density at radius 1 is 1.50 bits per heavy atom. The predicted octanol–water partition coefficient (Wildman–Crippen LogP) is -1.11. The summed E-state index contributed by atoms with van der Waals surface area (Å²) in [5.41, 5.74) is 0. The Balaban J connectivity index is 2.20. The van der Waals surface area contributed by atoms with Gasteiger partial charge in [0.05, 0.1) is 6.04 Å². The number of hydrogen-bond acceptors (Lipinski definition) is 4. The van der Waals surface area contributed by atoms with Crippen molar-refractivity contribution in [3.05, 3.63) is 0 Å². The Labute approximate surface area is 72.3 Å². The molecule has 70 valence electrons. The molecule has 1 fully saturated rings. The maximum Gasteiger partial charge on any atom is 0.151 e. The monoisotopic (exact) mass is 172 g/mol. The first kappa shape index (κ1) is 9.64. The average molecular weight is 172 g/mol. The van der Waals surface area contributed by atoms with Crippen LogP contribution >= 0.6 is 0 Å². The number of piperazine rings is 1. The van der Waals surface area contributed by atoms with Gasteiger partial charge in [-0.1, -0.05) is 0 Å². The number of Topliss-reactive ketones (excluding diaryl/α,β-unsaturated/α-hetero) is 1. The zero-order valence-electron chi connectivity index (χ0n) is 7.18. The zero-order valence-corrected chi connectivity index (χ0v) is 7.18. The van der Waals surface area contributed by atoms with E-state index in [2.05, 4.69) is 10.6 Å². The van der Waals surface area contributed by atoms with Gasteiger partial charge in [0.15, 0.2) is 5.78 Å². The third-order valence-electron chi connectivity index (χ3n) is 2.01. The predicted molar refractivity (Wildman–Crippen MR) is 46.0 cm³/mol. The van der Waals surface area contributed by atoms with Crippen LogP contribution in [0.25, 0.3) is 0 Å². The number of aliphatic hydroxyl groups is 1. The van der Waals surface area contributed by atoms with Crippen LogP contribution in [0.5, 0.6) is 0 Å². The number of aliphatic hydroxyl groups excluding tert-OH is 1. The van der Waals surface area contributed by atoms with Crippen LogP contribution in [0.15, 0.2) is 0 Å². The van der Waals surface area contributed by atoms with Crippen LogP contribution in [-0.2, 0) is 4.79 Å². The standard InChI is InChI=1S/C8H16N2O2/c11-5-1-2-8(12)7-6-9-3-4-10-7/h7,9-11H,1-6H2. The van der Waals surface area contributed by atoms with Gasteiger partial charge in [0.25, 0.3) is 0 Å². The van der Waals surface area contributed by atoms with Crippen molar-refractivity contribution < 1.29 is 9.90 Å². The highest BCUT2D eigenvalue weighted by atomic mass is 16.3. The van der Waals surface area contributed by atoms with Crippen LogP contribution in [-0.4, -0.2) is 43.2 Å². The van der Waals surface area contributed by atoms with Crippen LogP contribution in [0, 0.1) is 0 Å². The van der Waals surface area contributed by atoms with Gasteiger partial charge in [-0.15, -0.1) is 0 Å². The van der Waals surface area contributed by atoms with Crippen molar-refractivity contribution in [3.8, 4) is 0 Å². The molecule has 0 aromatic carbocycles. The van der Waals surface area contributed by atoms with Crippen molar-refractivity contribution in [2.24, 2.45) is 0 Å². The number of hydrogen-bond donors (Lipinski definition) is 3. The van der Waals surface area contributed by atoms with E-state index in [1.54, 1.807) is 0 Å². The van der Waals surface area contributed by atoms with Gasteiger partial charge in [-0.25, -0.2) is 0 Å². The van der Waals surface area contributed by atoms with Crippen molar-refractivity contribution in [2.45, 2.75) is 18.9 Å². The maximum absolute atomic E-state index is 11.3. The lowest BCUT2D eigenvalue weighted by atomic mass is 10.1. The smallest absolute Gasteiger partial charge is 0.151 e. The number of carbonyl (C=O) groups is 1. The zero-order chi connectivity index (χ0) is 8.81. The summed E-state index contributed by atoms with van der Waals surface area (Å²) >= 11 is 0. The molecule has 3 N–H and O–H groups in total. The molecular weight excluding hydrogens is 156 g/mol. The van der Waals surface area contributed by atoms with Gasteiger partial charge in [0, 0.05) is 32.7 Å². The maximum atomic E-state index is 11.3. The Kier molecular flexibility index (Phi) is 4.21. The molecule has 0 bridgehead atoms. The third kappa shape index (κ3) is 2.89. The van der Waals surface area contributed by atoms with Crippen LogP contribution in [0.1, 0.15) is 12.8 Å². The van der Waals surface area contributed by atoms with Crippen molar-refractivity contribution in [1.82, 2.24) is 10.6 Å². The minimum atomic E-state index is -0.0368. The summed E-state index contributed by atoms with van der Waals surface area (Å²) in [6.07, 6.45) is 1.06. The molecule has 1 aliphatic rings. The lowest BCUT2D eigenvalue weighted by molar-refractivity contribution is -0.121. The van der Waals surface area contributed by atoms with E-state index in [1.807, 2.05) is 0 Å². The van der Waals surface area contributed by atoms with Gasteiger partial charge < -0.3 is 15.7 Å². The van der Waals surface area contributed by atoms with Gasteiger partial charge in [0.1, 0.15) is 0 Å². The fraction of sp³-hybridized carbons (Fsp3) is 0.875. The van der Waals surface area contributed by atoms with Gasteiger partial charge >= 0.3 is 0 Å². The Morgan fingerprint density at radius 3 is 2.92 bits per heavy atom. The van der Waals surface area contributed by atoms with Crippen molar-refractivity contribution in [3.63, 3.8) is 0 Å². The fourth-order valence-electron chi connectivity index (χ4n) is 1.31. The first-order valence-corrected chi connectivity index (χ1v) is 4.42. The molecule has 0 aliphatic carbocycles. The van der Waals surface area contributed by atoms with Crippen molar-refractivity contribution >= 4 is 5.78 Å². The molecule has 0 saturated carbocycles. The van der Waals surface area contributed by atoms with Gasteiger partial charge in [0.2, 0.25) is 0 Å². The largest absolute Gasteiger partial charge is 0.396 e. The van der Waals surface area contributed by atoms with Crippen LogP contribution in [0.2, 0.25) is 0 Å². The molecule has 4 nitrogen and oxygen atoms in total. The van der Waals surface area contributed by atoms with Crippen molar-refractivity contribution in [2.75, 3.05) is 26.2 Å². The Hall–Kier alpha value is -0.450. The van der Waals surface area contributed by atoms with E-state index in [1.165, 1.54) is 0 Å². The second-order valence-electron chi connectivity index (χ2n) is 3.00. The normalized spacial score (nSPS) is 23.9. The van der Waals surface area contributed by atoms with Crippen LogP contribution < -0.4 is 10.6 Å². The molecular formula is C8H16N2O2. The lowest BCUT2D eigenvalue weighted by Gasteiger charge is -2.23. The molecule has 0 aromatic rings. The van der Waals surface area contributed by atoms with E-state index in [9.17, 15) is 4.79 Å². The quantitative estimate of drug-likeness (QED) is 0.503. The molecule has 1 aliphatic heterocycles. The Bertz CT molecular complexity index is 144. The Morgan fingerprint density at radius 2 is 2.33 bits per heavy atom. The molecule has 12 heavy (non-hydrogen) atoms. The fourth-order valence-corrected chi connectivity index (χ4v) is 1.31. The average Bonchev–Trinajstić information content (AvgIpc) is 2.15. The molecule has 0 spiro atoms. The molecule has 0 aromatic heterocycles. The number of carbonyl (C=O) groups excluding carboxylic acids is 1. The van der Waals surface area contributed by atoms with Gasteiger partial charge in [-0.3, -0.25) is 4.79 Å².